The number of carbonyl (C=O) groups is 2. The molecule has 2 rings (SSSR count). The Morgan fingerprint density at radius 2 is 1.85 bits per heavy atom. The van der Waals surface area contributed by atoms with Crippen molar-refractivity contribution in [3.63, 3.8) is 0 Å². The molecular formula is C19H20Cl2N2O4. The highest BCUT2D eigenvalue weighted by molar-refractivity contribution is 6.32. The Morgan fingerprint density at radius 1 is 1.19 bits per heavy atom. The number of benzene rings is 2. The van der Waals surface area contributed by atoms with E-state index in [0.717, 1.165) is 5.56 Å². The van der Waals surface area contributed by atoms with E-state index >= 15 is 0 Å². The number of methoxy groups -OCH3 is 1. The topological polar surface area (TPSA) is 90.6 Å². The summed E-state index contributed by atoms with van der Waals surface area (Å²) in [6.45, 7) is 1.62. The van der Waals surface area contributed by atoms with E-state index in [4.69, 9.17) is 38.4 Å². The largest absolute Gasteiger partial charge is 0.493 e. The van der Waals surface area contributed by atoms with E-state index in [1.54, 1.807) is 12.1 Å². The minimum atomic E-state index is -0.649. The first-order valence-corrected chi connectivity index (χ1v) is 8.96. The number of carbonyl (C=O) groups excluding carboxylic acids is 2. The zero-order chi connectivity index (χ0) is 20.0. The van der Waals surface area contributed by atoms with E-state index in [0.29, 0.717) is 17.0 Å². The van der Waals surface area contributed by atoms with Gasteiger partial charge < -0.3 is 20.5 Å². The van der Waals surface area contributed by atoms with Crippen molar-refractivity contribution in [1.82, 2.24) is 5.32 Å². The maximum absolute atomic E-state index is 12.7. The molecule has 3 N–H and O–H groups in total. The molecule has 6 nitrogen and oxygen atoms in total. The van der Waals surface area contributed by atoms with Gasteiger partial charge in [0.25, 0.3) is 11.8 Å². The second kappa shape index (κ2) is 9.48. The van der Waals surface area contributed by atoms with Crippen molar-refractivity contribution < 1.29 is 19.1 Å². The van der Waals surface area contributed by atoms with E-state index in [1.807, 2.05) is 19.1 Å². The first kappa shape index (κ1) is 20.9. The summed E-state index contributed by atoms with van der Waals surface area (Å²) in [7, 11) is 1.41. The van der Waals surface area contributed by atoms with E-state index in [1.165, 1.54) is 19.2 Å². The number of halogens is 2. The average molecular weight is 411 g/mol. The fraction of sp³-hybridized carbons (Fsp3) is 0.263. The molecule has 2 amide bonds. The van der Waals surface area contributed by atoms with E-state index in [-0.39, 0.29) is 35.1 Å². The van der Waals surface area contributed by atoms with Crippen molar-refractivity contribution >= 4 is 35.0 Å². The molecule has 1 unspecified atom stereocenters. The molecular weight excluding hydrogens is 391 g/mol. The summed E-state index contributed by atoms with van der Waals surface area (Å²) in [6.07, 6.45) is 0.693. The molecule has 0 aliphatic rings. The first-order chi connectivity index (χ1) is 12.8. The monoisotopic (exact) mass is 410 g/mol. The molecule has 1 atom stereocenters. The van der Waals surface area contributed by atoms with E-state index < -0.39 is 5.91 Å². The fourth-order valence-corrected chi connectivity index (χ4v) is 2.88. The van der Waals surface area contributed by atoms with Crippen molar-refractivity contribution in [3.8, 4) is 11.5 Å². The van der Waals surface area contributed by atoms with Gasteiger partial charge in [-0.1, -0.05) is 42.3 Å². The predicted molar refractivity (Wildman–Crippen MR) is 105 cm³/mol. The highest BCUT2D eigenvalue weighted by Gasteiger charge is 2.19. The summed E-state index contributed by atoms with van der Waals surface area (Å²) in [5.74, 6) is -0.588. The van der Waals surface area contributed by atoms with Gasteiger partial charge in [0.1, 0.15) is 0 Å². The minimum Gasteiger partial charge on any atom is -0.493 e. The molecule has 27 heavy (non-hydrogen) atoms. The Morgan fingerprint density at radius 3 is 2.41 bits per heavy atom. The average Bonchev–Trinajstić information content (AvgIpc) is 2.64. The van der Waals surface area contributed by atoms with Crippen molar-refractivity contribution in [1.29, 1.82) is 0 Å². The Labute approximate surface area is 167 Å². The first-order valence-electron chi connectivity index (χ1n) is 8.20. The molecule has 0 bridgehead atoms. The molecule has 0 fully saturated rings. The van der Waals surface area contributed by atoms with Gasteiger partial charge >= 0.3 is 0 Å². The highest BCUT2D eigenvalue weighted by Crippen LogP contribution is 2.36. The van der Waals surface area contributed by atoms with Crippen LogP contribution in [0.25, 0.3) is 0 Å². The highest BCUT2D eigenvalue weighted by atomic mass is 35.5. The van der Waals surface area contributed by atoms with Gasteiger partial charge in [-0.25, -0.2) is 0 Å². The van der Waals surface area contributed by atoms with Gasteiger partial charge in [0, 0.05) is 10.6 Å². The summed E-state index contributed by atoms with van der Waals surface area (Å²) in [5, 5.41) is 3.72. The lowest BCUT2D eigenvalue weighted by atomic mass is 10.0. The van der Waals surface area contributed by atoms with E-state index in [9.17, 15) is 9.59 Å². The van der Waals surface area contributed by atoms with Gasteiger partial charge in [-0.15, -0.1) is 0 Å². The molecule has 0 heterocycles. The van der Waals surface area contributed by atoms with Crippen LogP contribution in [0.1, 0.15) is 35.3 Å². The fourth-order valence-electron chi connectivity index (χ4n) is 2.49. The lowest BCUT2D eigenvalue weighted by Crippen LogP contribution is -2.28. The van der Waals surface area contributed by atoms with Crippen LogP contribution in [0.3, 0.4) is 0 Å². The molecule has 144 valence electrons. The van der Waals surface area contributed by atoms with Gasteiger partial charge in [0.15, 0.2) is 18.1 Å². The number of rotatable bonds is 8. The smallest absolute Gasteiger partial charge is 0.255 e. The quantitative estimate of drug-likeness (QED) is 0.692. The number of hydrogen-bond acceptors (Lipinski definition) is 4. The predicted octanol–water partition coefficient (Wildman–Crippen LogP) is 3.75. The molecule has 2 aromatic rings. The zero-order valence-electron chi connectivity index (χ0n) is 14.9. The molecule has 0 radical (unpaired) electrons. The maximum atomic E-state index is 12.7. The third kappa shape index (κ3) is 5.52. The third-order valence-corrected chi connectivity index (χ3v) is 4.37. The Hall–Kier alpha value is -2.44. The van der Waals surface area contributed by atoms with Gasteiger partial charge in [0.2, 0.25) is 0 Å². The van der Waals surface area contributed by atoms with Gasteiger partial charge in [-0.2, -0.15) is 0 Å². The molecule has 0 saturated heterocycles. The lowest BCUT2D eigenvalue weighted by molar-refractivity contribution is -0.119. The van der Waals surface area contributed by atoms with Crippen LogP contribution in [0, 0.1) is 0 Å². The summed E-state index contributed by atoms with van der Waals surface area (Å²) in [5.41, 5.74) is 6.32. The third-order valence-electron chi connectivity index (χ3n) is 3.84. The number of primary amides is 1. The molecule has 0 aromatic heterocycles. The van der Waals surface area contributed by atoms with Crippen molar-refractivity contribution in [3.05, 3.63) is 57.6 Å². The molecule has 8 heteroatoms. The molecule has 0 aliphatic heterocycles. The van der Waals surface area contributed by atoms with Crippen LogP contribution in [0.4, 0.5) is 0 Å². The maximum Gasteiger partial charge on any atom is 0.255 e. The Kier molecular flexibility index (Phi) is 7.33. The molecule has 0 aliphatic carbocycles. The molecule has 2 aromatic carbocycles. The number of amides is 2. The van der Waals surface area contributed by atoms with Crippen LogP contribution in [0.2, 0.25) is 10.0 Å². The number of nitrogens with one attached hydrogen (secondary N) is 1. The summed E-state index contributed by atoms with van der Waals surface area (Å²) >= 11 is 12.1. The van der Waals surface area contributed by atoms with Crippen molar-refractivity contribution in [2.75, 3.05) is 13.7 Å². The second-order valence-electron chi connectivity index (χ2n) is 5.73. The standard InChI is InChI=1S/C19H20Cl2N2O4/c1-3-15(11-4-6-13(20)7-5-11)23-19(25)12-8-14(21)18(16(9-12)26-2)27-10-17(22)24/h4-9,15H,3,10H2,1-2H3,(H2,22,24)(H,23,25). The normalized spacial score (nSPS) is 11.6. The van der Waals surface area contributed by atoms with Gasteiger partial charge in [-0.3, -0.25) is 9.59 Å². The van der Waals surface area contributed by atoms with Crippen LogP contribution in [0.5, 0.6) is 11.5 Å². The zero-order valence-corrected chi connectivity index (χ0v) is 16.4. The SMILES string of the molecule is CCC(NC(=O)c1cc(Cl)c(OCC(N)=O)c(OC)c1)c1ccc(Cl)cc1. The van der Waals surface area contributed by atoms with Crippen LogP contribution >= 0.6 is 23.2 Å². The van der Waals surface area contributed by atoms with E-state index in [2.05, 4.69) is 5.32 Å². The lowest BCUT2D eigenvalue weighted by Gasteiger charge is -2.19. The van der Waals surface area contributed by atoms with Gasteiger partial charge in [-0.05, 0) is 36.2 Å². The van der Waals surface area contributed by atoms with Crippen molar-refractivity contribution in [2.45, 2.75) is 19.4 Å². The Bertz CT molecular complexity index is 825. The number of ether oxygens (including phenoxy) is 2. The van der Waals surface area contributed by atoms with Gasteiger partial charge in [0.05, 0.1) is 18.2 Å². The summed E-state index contributed by atoms with van der Waals surface area (Å²) < 4.78 is 10.5. The molecule has 0 spiro atoms. The summed E-state index contributed by atoms with van der Waals surface area (Å²) in [4.78, 5) is 23.6. The summed E-state index contributed by atoms with van der Waals surface area (Å²) in [6, 6.07) is 10.0. The number of hydrogen-bond donors (Lipinski definition) is 2. The van der Waals surface area contributed by atoms with Crippen LogP contribution < -0.4 is 20.5 Å². The Balaban J connectivity index is 2.23. The van der Waals surface area contributed by atoms with Crippen LogP contribution in [-0.2, 0) is 4.79 Å². The van der Waals surface area contributed by atoms with Crippen molar-refractivity contribution in [2.24, 2.45) is 5.73 Å². The number of nitrogens with two attached hydrogens (primary N) is 1. The second-order valence-corrected chi connectivity index (χ2v) is 6.57. The minimum absolute atomic E-state index is 0.139. The molecule has 0 saturated carbocycles. The van der Waals surface area contributed by atoms with Crippen LogP contribution in [0.15, 0.2) is 36.4 Å². The van der Waals surface area contributed by atoms with Crippen LogP contribution in [-0.4, -0.2) is 25.5 Å².